The predicted octanol–water partition coefficient (Wildman–Crippen LogP) is 1.49. The summed E-state index contributed by atoms with van der Waals surface area (Å²) in [5.41, 5.74) is 1.85. The maximum atomic E-state index is 12.0. The lowest BCUT2D eigenvalue weighted by atomic mass is 10.2. The highest BCUT2D eigenvalue weighted by atomic mass is 16.5. The van der Waals surface area contributed by atoms with Gasteiger partial charge in [0.1, 0.15) is 0 Å². The molecule has 0 saturated carbocycles. The molecular weight excluding hydrogens is 270 g/mol. The highest BCUT2D eigenvalue weighted by Crippen LogP contribution is 2.08. The number of aromatic nitrogens is 3. The molecule has 2 aromatic heterocycles. The van der Waals surface area contributed by atoms with Crippen molar-refractivity contribution in [3.8, 4) is 0 Å². The summed E-state index contributed by atoms with van der Waals surface area (Å²) in [6.07, 6.45) is 3.79. The van der Waals surface area contributed by atoms with Crippen molar-refractivity contribution < 1.29 is 9.32 Å². The monoisotopic (exact) mass is 291 g/mol. The Labute approximate surface area is 123 Å². The van der Waals surface area contributed by atoms with E-state index in [-0.39, 0.29) is 18.0 Å². The quantitative estimate of drug-likeness (QED) is 0.842. The molecule has 0 aromatic carbocycles. The Morgan fingerprint density at radius 1 is 1.43 bits per heavy atom. The van der Waals surface area contributed by atoms with Crippen molar-refractivity contribution in [2.45, 2.75) is 46.3 Å². The molecule has 2 aromatic rings. The highest BCUT2D eigenvalue weighted by Gasteiger charge is 2.17. The summed E-state index contributed by atoms with van der Waals surface area (Å²) in [6, 6.07) is 1.45. The Bertz CT molecular complexity index is 604. The van der Waals surface area contributed by atoms with Gasteiger partial charge in [0.2, 0.25) is 11.8 Å². The molecule has 114 valence electrons. The van der Waals surface area contributed by atoms with Gasteiger partial charge in [0.25, 0.3) is 0 Å². The van der Waals surface area contributed by atoms with Crippen LogP contribution in [0.15, 0.2) is 23.0 Å². The number of nitrogens with one attached hydrogen (secondary N) is 2. The van der Waals surface area contributed by atoms with Crippen molar-refractivity contribution in [3.05, 3.63) is 29.7 Å². The van der Waals surface area contributed by atoms with Crippen LogP contribution in [0.5, 0.6) is 0 Å². The van der Waals surface area contributed by atoms with Crippen LogP contribution >= 0.6 is 0 Å². The summed E-state index contributed by atoms with van der Waals surface area (Å²) < 4.78 is 6.82. The van der Waals surface area contributed by atoms with Gasteiger partial charge < -0.3 is 9.84 Å². The number of hydrogen-bond acceptors (Lipinski definition) is 5. The Hall–Kier alpha value is -2.15. The molecule has 2 atom stereocenters. The number of carbonyl (C=O) groups is 1. The Morgan fingerprint density at radius 3 is 2.76 bits per heavy atom. The van der Waals surface area contributed by atoms with Crippen LogP contribution in [0.25, 0.3) is 0 Å². The van der Waals surface area contributed by atoms with Gasteiger partial charge in [-0.3, -0.25) is 14.8 Å². The second-order valence-electron chi connectivity index (χ2n) is 5.35. The number of carbonyl (C=O) groups excluding carboxylic acids is 1. The molecular formula is C14H21N5O2. The normalized spacial score (nSPS) is 13.9. The van der Waals surface area contributed by atoms with Crippen LogP contribution in [0.3, 0.4) is 0 Å². The molecule has 7 heteroatoms. The van der Waals surface area contributed by atoms with Gasteiger partial charge >= 0.3 is 0 Å². The number of aryl methyl sites for hydroxylation is 2. The molecule has 0 radical (unpaired) electrons. The first-order valence-electron chi connectivity index (χ1n) is 6.93. The third-order valence-electron chi connectivity index (χ3n) is 3.03. The SMILES string of the molecule is Cc1cnn(C[C@@H](C)N[C@H](C)C(=O)Nc2cc(C)no2)c1. The Balaban J connectivity index is 1.82. The molecule has 7 nitrogen and oxygen atoms in total. The molecule has 0 bridgehead atoms. The zero-order valence-electron chi connectivity index (χ0n) is 12.8. The average molecular weight is 291 g/mol. The van der Waals surface area contributed by atoms with Crippen molar-refractivity contribution in [2.24, 2.45) is 0 Å². The van der Waals surface area contributed by atoms with Gasteiger partial charge in [-0.05, 0) is 33.3 Å². The summed E-state index contributed by atoms with van der Waals surface area (Å²) in [5, 5.41) is 13.9. The zero-order valence-corrected chi connectivity index (χ0v) is 12.8. The molecule has 0 aliphatic carbocycles. The third-order valence-corrected chi connectivity index (χ3v) is 3.03. The van der Waals surface area contributed by atoms with E-state index in [9.17, 15) is 4.79 Å². The van der Waals surface area contributed by atoms with Crippen molar-refractivity contribution in [1.29, 1.82) is 0 Å². The summed E-state index contributed by atoms with van der Waals surface area (Å²) in [7, 11) is 0. The number of anilines is 1. The van der Waals surface area contributed by atoms with E-state index >= 15 is 0 Å². The molecule has 0 aliphatic rings. The molecule has 2 heterocycles. The molecule has 0 unspecified atom stereocenters. The van der Waals surface area contributed by atoms with Gasteiger partial charge in [-0.25, -0.2) is 0 Å². The molecule has 1 amide bonds. The van der Waals surface area contributed by atoms with E-state index < -0.39 is 0 Å². The zero-order chi connectivity index (χ0) is 15.4. The molecule has 0 fully saturated rings. The van der Waals surface area contributed by atoms with Crippen molar-refractivity contribution in [1.82, 2.24) is 20.3 Å². The lowest BCUT2D eigenvalue weighted by molar-refractivity contribution is -0.118. The maximum absolute atomic E-state index is 12.0. The molecule has 21 heavy (non-hydrogen) atoms. The van der Waals surface area contributed by atoms with Crippen LogP contribution in [0.1, 0.15) is 25.1 Å². The summed E-state index contributed by atoms with van der Waals surface area (Å²) in [5.74, 6) is 0.205. The Kier molecular flexibility index (Phi) is 4.74. The van der Waals surface area contributed by atoms with E-state index in [1.807, 2.05) is 37.8 Å². The van der Waals surface area contributed by atoms with Crippen molar-refractivity contribution in [2.75, 3.05) is 5.32 Å². The molecule has 0 saturated heterocycles. The fraction of sp³-hybridized carbons (Fsp3) is 0.500. The predicted molar refractivity (Wildman–Crippen MR) is 78.9 cm³/mol. The fourth-order valence-electron chi connectivity index (χ4n) is 2.05. The number of rotatable bonds is 6. The van der Waals surface area contributed by atoms with Gasteiger partial charge in [0.05, 0.1) is 24.5 Å². The summed E-state index contributed by atoms with van der Waals surface area (Å²) in [6.45, 7) is 8.32. The van der Waals surface area contributed by atoms with Crippen molar-refractivity contribution in [3.63, 3.8) is 0 Å². The number of nitrogens with zero attached hydrogens (tertiary/aromatic N) is 3. The largest absolute Gasteiger partial charge is 0.338 e. The summed E-state index contributed by atoms with van der Waals surface area (Å²) in [4.78, 5) is 12.0. The number of amides is 1. The van der Waals surface area contributed by atoms with Crippen LogP contribution in [-0.4, -0.2) is 32.9 Å². The van der Waals surface area contributed by atoms with E-state index in [0.717, 1.165) is 11.3 Å². The lowest BCUT2D eigenvalue weighted by Crippen LogP contribution is -2.44. The van der Waals surface area contributed by atoms with Gasteiger partial charge in [-0.15, -0.1) is 0 Å². The first kappa shape index (κ1) is 15.2. The maximum Gasteiger partial charge on any atom is 0.243 e. The van der Waals surface area contributed by atoms with E-state index in [1.54, 1.807) is 13.0 Å². The minimum Gasteiger partial charge on any atom is -0.338 e. The number of hydrogen-bond donors (Lipinski definition) is 2. The van der Waals surface area contributed by atoms with E-state index in [0.29, 0.717) is 12.4 Å². The third kappa shape index (κ3) is 4.42. The van der Waals surface area contributed by atoms with Gasteiger partial charge in [0, 0.05) is 18.3 Å². The van der Waals surface area contributed by atoms with E-state index in [2.05, 4.69) is 20.9 Å². The van der Waals surface area contributed by atoms with Crippen LogP contribution in [0.2, 0.25) is 0 Å². The van der Waals surface area contributed by atoms with E-state index in [1.165, 1.54) is 0 Å². The van der Waals surface area contributed by atoms with Gasteiger partial charge in [0.15, 0.2) is 0 Å². The Morgan fingerprint density at radius 2 is 2.19 bits per heavy atom. The summed E-state index contributed by atoms with van der Waals surface area (Å²) >= 11 is 0. The standard InChI is InChI=1S/C14H21N5O2/c1-9-6-15-19(7-9)8-11(3)16-12(4)14(20)17-13-5-10(2)18-21-13/h5-7,11-12,16H,8H2,1-4H3,(H,17,20)/t11-,12-/m1/s1. The van der Waals surface area contributed by atoms with Crippen LogP contribution < -0.4 is 10.6 Å². The molecule has 2 N–H and O–H groups in total. The molecule has 0 aliphatic heterocycles. The van der Waals surface area contributed by atoms with Gasteiger partial charge in [-0.1, -0.05) is 5.16 Å². The molecule has 0 spiro atoms. The first-order chi connectivity index (χ1) is 9.94. The smallest absolute Gasteiger partial charge is 0.243 e. The second kappa shape index (κ2) is 6.53. The topological polar surface area (TPSA) is 85.0 Å². The van der Waals surface area contributed by atoms with Crippen LogP contribution in [0, 0.1) is 13.8 Å². The van der Waals surface area contributed by atoms with Crippen LogP contribution in [0.4, 0.5) is 5.88 Å². The molecule has 2 rings (SSSR count). The first-order valence-corrected chi connectivity index (χ1v) is 6.93. The van der Waals surface area contributed by atoms with E-state index in [4.69, 9.17) is 4.52 Å². The minimum absolute atomic E-state index is 0.113. The fourth-order valence-corrected chi connectivity index (χ4v) is 2.05. The van der Waals surface area contributed by atoms with Crippen molar-refractivity contribution >= 4 is 11.8 Å². The average Bonchev–Trinajstić information content (AvgIpc) is 2.98. The van der Waals surface area contributed by atoms with Gasteiger partial charge in [-0.2, -0.15) is 5.10 Å². The second-order valence-corrected chi connectivity index (χ2v) is 5.35. The highest BCUT2D eigenvalue weighted by molar-refractivity contribution is 5.93. The van der Waals surface area contributed by atoms with Crippen LogP contribution in [-0.2, 0) is 11.3 Å². The lowest BCUT2D eigenvalue weighted by Gasteiger charge is -2.19. The minimum atomic E-state index is -0.345.